The van der Waals surface area contributed by atoms with Crippen LogP contribution in [-0.2, 0) is 4.57 Å². The van der Waals surface area contributed by atoms with Crippen LogP contribution in [-0.4, -0.2) is 21.1 Å². The van der Waals surface area contributed by atoms with E-state index < -0.39 is 13.9 Å². The molecule has 1 aromatic heterocycles. The normalized spacial score (nSPS) is 11.2. The Morgan fingerprint density at radius 3 is 2.50 bits per heavy atom. The lowest BCUT2D eigenvalue weighted by Gasteiger charge is -2.05. The summed E-state index contributed by atoms with van der Waals surface area (Å²) in [6, 6.07) is 3.05. The molecule has 0 amide bonds. The zero-order valence-corrected chi connectivity index (χ0v) is 7.02. The van der Waals surface area contributed by atoms with Gasteiger partial charge in [-0.1, -0.05) is 0 Å². The van der Waals surface area contributed by atoms with E-state index in [1.807, 2.05) is 0 Å². The predicted octanol–water partition coefficient (Wildman–Crippen LogP) is 0.596. The minimum Gasteiger partial charge on any atom is -0.481 e. The predicted molar refractivity (Wildman–Crippen MR) is 41.8 cm³/mol. The summed E-state index contributed by atoms with van der Waals surface area (Å²) in [5.41, 5.74) is 0. The van der Waals surface area contributed by atoms with E-state index in [9.17, 15) is 4.57 Å². The summed E-state index contributed by atoms with van der Waals surface area (Å²) in [7, 11) is -4.07. The standard InChI is InChI=1S/C6H8NO4P/c8-12(9,10)5-11-6-1-3-7-4-2-6/h1-4H,5H2,(H2,8,9,10). The van der Waals surface area contributed by atoms with Crippen molar-refractivity contribution >= 4 is 7.60 Å². The van der Waals surface area contributed by atoms with Crippen LogP contribution in [0.1, 0.15) is 0 Å². The number of nitrogens with zero attached hydrogens (tertiary/aromatic N) is 1. The fraction of sp³-hybridized carbons (Fsp3) is 0.167. The number of hydrogen-bond donors (Lipinski definition) is 2. The van der Waals surface area contributed by atoms with E-state index in [0.717, 1.165) is 0 Å². The Hall–Kier alpha value is -0.900. The van der Waals surface area contributed by atoms with Gasteiger partial charge >= 0.3 is 7.60 Å². The summed E-state index contributed by atoms with van der Waals surface area (Å²) < 4.78 is 15.1. The van der Waals surface area contributed by atoms with E-state index in [2.05, 4.69) is 4.98 Å². The van der Waals surface area contributed by atoms with E-state index in [0.29, 0.717) is 5.75 Å². The molecular formula is C6H8NO4P. The lowest BCUT2D eigenvalue weighted by atomic mass is 10.5. The molecule has 0 bridgehead atoms. The van der Waals surface area contributed by atoms with Crippen LogP contribution in [0.4, 0.5) is 0 Å². The van der Waals surface area contributed by atoms with Crippen molar-refractivity contribution in [3.8, 4) is 5.75 Å². The van der Waals surface area contributed by atoms with Crippen molar-refractivity contribution in [2.75, 3.05) is 6.35 Å². The molecule has 0 unspecified atom stereocenters. The number of rotatable bonds is 3. The van der Waals surface area contributed by atoms with Crippen molar-refractivity contribution in [3.63, 3.8) is 0 Å². The summed E-state index contributed by atoms with van der Waals surface area (Å²) in [5.74, 6) is 0.397. The quantitative estimate of drug-likeness (QED) is 0.680. The summed E-state index contributed by atoms with van der Waals surface area (Å²) in [4.78, 5) is 20.6. The van der Waals surface area contributed by atoms with Crippen molar-refractivity contribution in [1.82, 2.24) is 4.98 Å². The summed E-state index contributed by atoms with van der Waals surface area (Å²) in [5, 5.41) is 0. The van der Waals surface area contributed by atoms with Crippen LogP contribution in [0.5, 0.6) is 5.75 Å². The molecule has 0 fully saturated rings. The molecule has 66 valence electrons. The van der Waals surface area contributed by atoms with Crippen LogP contribution in [0.3, 0.4) is 0 Å². The van der Waals surface area contributed by atoms with Crippen LogP contribution in [0.15, 0.2) is 24.5 Å². The number of pyridine rings is 1. The molecule has 5 nitrogen and oxygen atoms in total. The van der Waals surface area contributed by atoms with Crippen molar-refractivity contribution in [1.29, 1.82) is 0 Å². The fourth-order valence-electron chi connectivity index (χ4n) is 0.593. The van der Waals surface area contributed by atoms with Gasteiger partial charge in [-0.3, -0.25) is 9.55 Å². The molecule has 0 aromatic carbocycles. The molecule has 1 rings (SSSR count). The topological polar surface area (TPSA) is 79.7 Å². The Balaban J connectivity index is 2.50. The Bertz CT molecular complexity index is 283. The average molecular weight is 189 g/mol. The second-order valence-corrected chi connectivity index (χ2v) is 3.71. The monoisotopic (exact) mass is 189 g/mol. The highest BCUT2D eigenvalue weighted by Crippen LogP contribution is 2.34. The first-order valence-corrected chi connectivity index (χ1v) is 4.95. The van der Waals surface area contributed by atoms with Gasteiger partial charge in [-0.05, 0) is 12.1 Å². The van der Waals surface area contributed by atoms with E-state index >= 15 is 0 Å². The SMILES string of the molecule is O=P(O)(O)COc1ccncc1. The first-order valence-electron chi connectivity index (χ1n) is 3.15. The van der Waals surface area contributed by atoms with Gasteiger partial charge in [0.05, 0.1) is 0 Å². The average Bonchev–Trinajstić information content (AvgIpc) is 2.02. The van der Waals surface area contributed by atoms with E-state index in [-0.39, 0.29) is 0 Å². The van der Waals surface area contributed by atoms with E-state index in [1.54, 1.807) is 0 Å². The third kappa shape index (κ3) is 3.48. The zero-order valence-electron chi connectivity index (χ0n) is 6.12. The van der Waals surface area contributed by atoms with Gasteiger partial charge in [0, 0.05) is 12.4 Å². The van der Waals surface area contributed by atoms with Gasteiger partial charge in [-0.15, -0.1) is 0 Å². The van der Waals surface area contributed by atoms with Crippen molar-refractivity contribution in [3.05, 3.63) is 24.5 Å². The third-order valence-electron chi connectivity index (χ3n) is 1.05. The van der Waals surface area contributed by atoms with Crippen LogP contribution >= 0.6 is 7.60 Å². The molecule has 0 aliphatic carbocycles. The fourth-order valence-corrected chi connectivity index (χ4v) is 0.910. The summed E-state index contributed by atoms with van der Waals surface area (Å²) in [6.45, 7) is 0. The van der Waals surface area contributed by atoms with E-state index in [4.69, 9.17) is 14.5 Å². The molecule has 6 heteroatoms. The van der Waals surface area contributed by atoms with Gasteiger partial charge in [0.25, 0.3) is 0 Å². The second-order valence-electron chi connectivity index (χ2n) is 2.12. The minimum absolute atomic E-state index is 0.397. The lowest BCUT2D eigenvalue weighted by molar-refractivity contribution is 0.300. The largest absolute Gasteiger partial charge is 0.481 e. The zero-order chi connectivity index (χ0) is 9.03. The molecule has 0 aliphatic heterocycles. The Morgan fingerprint density at radius 1 is 1.42 bits per heavy atom. The van der Waals surface area contributed by atoms with Crippen LogP contribution in [0, 0.1) is 0 Å². The maximum Gasteiger partial charge on any atom is 0.362 e. The highest BCUT2D eigenvalue weighted by atomic mass is 31.2. The highest BCUT2D eigenvalue weighted by molar-refractivity contribution is 7.51. The molecule has 2 N–H and O–H groups in total. The first-order chi connectivity index (χ1) is 5.58. The molecule has 12 heavy (non-hydrogen) atoms. The molecule has 0 aliphatic rings. The molecule has 0 atom stereocenters. The van der Waals surface area contributed by atoms with Gasteiger partial charge < -0.3 is 14.5 Å². The Morgan fingerprint density at radius 2 is 2.00 bits per heavy atom. The summed E-state index contributed by atoms with van der Waals surface area (Å²) in [6.07, 6.45) is 2.36. The smallest absolute Gasteiger partial charge is 0.362 e. The molecule has 0 saturated heterocycles. The lowest BCUT2D eigenvalue weighted by Crippen LogP contribution is -1.97. The molecule has 1 aromatic rings. The minimum atomic E-state index is -4.07. The van der Waals surface area contributed by atoms with Gasteiger partial charge in [0.15, 0.2) is 6.35 Å². The summed E-state index contributed by atoms with van der Waals surface area (Å²) >= 11 is 0. The molecule has 1 heterocycles. The van der Waals surface area contributed by atoms with Gasteiger partial charge in [0.1, 0.15) is 5.75 Å². The van der Waals surface area contributed by atoms with Crippen LogP contribution < -0.4 is 4.74 Å². The van der Waals surface area contributed by atoms with Crippen molar-refractivity contribution in [2.24, 2.45) is 0 Å². The highest BCUT2D eigenvalue weighted by Gasteiger charge is 2.13. The van der Waals surface area contributed by atoms with E-state index in [1.165, 1.54) is 24.5 Å². The second kappa shape index (κ2) is 3.67. The maximum absolute atomic E-state index is 10.4. The number of aromatic nitrogens is 1. The van der Waals surface area contributed by atoms with Crippen LogP contribution in [0.25, 0.3) is 0 Å². The Labute approximate surface area is 69.2 Å². The third-order valence-corrected chi connectivity index (χ3v) is 1.51. The van der Waals surface area contributed by atoms with Crippen LogP contribution in [0.2, 0.25) is 0 Å². The van der Waals surface area contributed by atoms with Crippen molar-refractivity contribution < 1.29 is 19.1 Å². The molecule has 0 radical (unpaired) electrons. The maximum atomic E-state index is 10.4. The van der Waals surface area contributed by atoms with Gasteiger partial charge in [0.2, 0.25) is 0 Å². The number of ether oxygens (including phenoxy) is 1. The van der Waals surface area contributed by atoms with Gasteiger partial charge in [-0.2, -0.15) is 0 Å². The van der Waals surface area contributed by atoms with Gasteiger partial charge in [-0.25, -0.2) is 0 Å². The van der Waals surface area contributed by atoms with Crippen molar-refractivity contribution in [2.45, 2.75) is 0 Å². The molecular weight excluding hydrogens is 181 g/mol. The molecule has 0 spiro atoms. The number of hydrogen-bond acceptors (Lipinski definition) is 3. The molecule has 0 saturated carbocycles. The first kappa shape index (κ1) is 9.19. The Kier molecular flexibility index (Phi) is 2.81.